The number of halogens is 1. The predicted octanol–water partition coefficient (Wildman–Crippen LogP) is 0.556. The molecule has 0 bridgehead atoms. The summed E-state index contributed by atoms with van der Waals surface area (Å²) in [5.74, 6) is 0.0724. The smallest absolute Gasteiger partial charge is 0.222 e. The third-order valence-corrected chi connectivity index (χ3v) is 2.69. The van der Waals surface area contributed by atoms with Gasteiger partial charge in [-0.1, -0.05) is 15.9 Å². The van der Waals surface area contributed by atoms with E-state index in [-0.39, 0.29) is 17.9 Å². The topological polar surface area (TPSA) is 58.2 Å². The van der Waals surface area contributed by atoms with Crippen molar-refractivity contribution in [2.45, 2.75) is 31.7 Å². The molecule has 2 amide bonds. The van der Waals surface area contributed by atoms with Crippen molar-refractivity contribution >= 4 is 27.7 Å². The molecule has 1 aliphatic rings. The van der Waals surface area contributed by atoms with Crippen molar-refractivity contribution in [1.82, 2.24) is 10.6 Å². The highest BCUT2D eigenvalue weighted by Gasteiger charge is 2.22. The zero-order chi connectivity index (χ0) is 10.4. The van der Waals surface area contributed by atoms with E-state index in [9.17, 15) is 9.59 Å². The van der Waals surface area contributed by atoms with Gasteiger partial charge >= 0.3 is 0 Å². The molecule has 1 rings (SSSR count). The van der Waals surface area contributed by atoms with Crippen LogP contribution in [-0.2, 0) is 9.59 Å². The van der Waals surface area contributed by atoms with Crippen LogP contribution in [0.4, 0.5) is 0 Å². The van der Waals surface area contributed by atoms with Crippen LogP contribution in [0.25, 0.3) is 0 Å². The second-order valence-corrected chi connectivity index (χ2v) is 4.21. The minimum absolute atomic E-state index is 0.000953. The first-order chi connectivity index (χ1) is 6.72. The quantitative estimate of drug-likeness (QED) is 0.562. The number of carbonyl (C=O) groups is 2. The molecule has 1 unspecified atom stereocenters. The lowest BCUT2D eigenvalue weighted by atomic mass is 10.2. The molecular weight excluding hydrogens is 248 g/mol. The monoisotopic (exact) mass is 262 g/mol. The summed E-state index contributed by atoms with van der Waals surface area (Å²) in [5, 5.41) is 6.45. The van der Waals surface area contributed by atoms with Crippen LogP contribution in [0, 0.1) is 0 Å². The third-order valence-electron chi connectivity index (χ3n) is 2.13. The first-order valence-corrected chi connectivity index (χ1v) is 5.96. The lowest BCUT2D eigenvalue weighted by molar-refractivity contribution is -0.121. The van der Waals surface area contributed by atoms with Gasteiger partial charge in [0.05, 0.1) is 6.04 Å². The molecule has 1 saturated heterocycles. The Bertz CT molecular complexity index is 221. The Morgan fingerprint density at radius 2 is 2.36 bits per heavy atom. The molecule has 1 atom stereocenters. The van der Waals surface area contributed by atoms with Crippen LogP contribution in [0.1, 0.15) is 25.7 Å². The predicted molar refractivity (Wildman–Crippen MR) is 57.2 cm³/mol. The number of alkyl halides is 1. The van der Waals surface area contributed by atoms with Gasteiger partial charge in [0.15, 0.2) is 0 Å². The molecule has 0 radical (unpaired) electrons. The molecule has 1 aliphatic heterocycles. The van der Waals surface area contributed by atoms with Gasteiger partial charge in [-0.3, -0.25) is 9.59 Å². The lowest BCUT2D eigenvalue weighted by Gasteiger charge is -2.09. The van der Waals surface area contributed by atoms with Gasteiger partial charge in [-0.2, -0.15) is 0 Å². The zero-order valence-corrected chi connectivity index (χ0v) is 9.60. The molecule has 0 aromatic rings. The van der Waals surface area contributed by atoms with E-state index in [0.29, 0.717) is 19.4 Å². The van der Waals surface area contributed by atoms with Gasteiger partial charge in [-0.25, -0.2) is 0 Å². The second kappa shape index (κ2) is 6.01. The molecule has 14 heavy (non-hydrogen) atoms. The number of nitrogens with one attached hydrogen (secondary N) is 2. The molecule has 80 valence electrons. The third kappa shape index (κ3) is 4.09. The minimum Gasteiger partial charge on any atom is -0.354 e. The van der Waals surface area contributed by atoms with Crippen LogP contribution in [0.3, 0.4) is 0 Å². The summed E-state index contributed by atoms with van der Waals surface area (Å²) in [6, 6.07) is -0.000953. The van der Waals surface area contributed by atoms with Gasteiger partial charge in [-0.15, -0.1) is 0 Å². The number of unbranched alkanes of at least 4 members (excludes halogenated alkanes) is 1. The average Bonchev–Trinajstić information content (AvgIpc) is 2.52. The Morgan fingerprint density at radius 3 is 2.93 bits per heavy atom. The van der Waals surface area contributed by atoms with Crippen LogP contribution in [0.15, 0.2) is 0 Å². The van der Waals surface area contributed by atoms with E-state index >= 15 is 0 Å². The lowest BCUT2D eigenvalue weighted by Crippen LogP contribution is -2.36. The van der Waals surface area contributed by atoms with Crippen LogP contribution >= 0.6 is 15.9 Å². The Labute approximate surface area is 91.9 Å². The molecule has 1 fully saturated rings. The normalized spacial score (nSPS) is 20.6. The zero-order valence-electron chi connectivity index (χ0n) is 8.01. The van der Waals surface area contributed by atoms with Crippen molar-refractivity contribution in [2.75, 3.05) is 11.9 Å². The van der Waals surface area contributed by atoms with Gasteiger partial charge in [0.1, 0.15) is 0 Å². The highest BCUT2D eigenvalue weighted by molar-refractivity contribution is 9.09. The highest BCUT2D eigenvalue weighted by Crippen LogP contribution is 2.02. The molecule has 0 aromatic heterocycles. The summed E-state index contributed by atoms with van der Waals surface area (Å²) >= 11 is 3.31. The van der Waals surface area contributed by atoms with E-state index in [2.05, 4.69) is 26.6 Å². The van der Waals surface area contributed by atoms with Crippen molar-refractivity contribution in [3.05, 3.63) is 0 Å². The van der Waals surface area contributed by atoms with Gasteiger partial charge in [0.2, 0.25) is 11.8 Å². The Hall–Kier alpha value is -0.580. The van der Waals surface area contributed by atoms with Crippen molar-refractivity contribution in [1.29, 1.82) is 0 Å². The summed E-state index contributed by atoms with van der Waals surface area (Å²) < 4.78 is 0. The first-order valence-electron chi connectivity index (χ1n) is 4.84. The summed E-state index contributed by atoms with van der Waals surface area (Å²) in [6.07, 6.45) is 2.88. The summed E-state index contributed by atoms with van der Waals surface area (Å²) in [6.45, 7) is 0.572. The number of amides is 2. The summed E-state index contributed by atoms with van der Waals surface area (Å²) in [4.78, 5) is 22.1. The number of hydrogen-bond donors (Lipinski definition) is 2. The summed E-state index contributed by atoms with van der Waals surface area (Å²) in [5.41, 5.74) is 0. The second-order valence-electron chi connectivity index (χ2n) is 3.42. The Kier molecular flexibility index (Phi) is 4.93. The van der Waals surface area contributed by atoms with Crippen molar-refractivity contribution < 1.29 is 9.59 Å². The van der Waals surface area contributed by atoms with Gasteiger partial charge in [0, 0.05) is 24.7 Å². The molecule has 0 aromatic carbocycles. The Morgan fingerprint density at radius 1 is 1.57 bits per heavy atom. The molecule has 0 aliphatic carbocycles. The highest BCUT2D eigenvalue weighted by atomic mass is 79.9. The minimum atomic E-state index is -0.000953. The fourth-order valence-corrected chi connectivity index (χ4v) is 1.78. The van der Waals surface area contributed by atoms with Crippen molar-refractivity contribution in [3.63, 3.8) is 0 Å². The number of hydrogen-bond acceptors (Lipinski definition) is 2. The van der Waals surface area contributed by atoms with E-state index in [0.717, 1.165) is 18.2 Å². The SMILES string of the molecule is O=C1CC(NC(=O)CCCCBr)CN1. The van der Waals surface area contributed by atoms with Crippen LogP contribution in [-0.4, -0.2) is 29.7 Å². The fourth-order valence-electron chi connectivity index (χ4n) is 1.39. The maximum absolute atomic E-state index is 11.3. The maximum atomic E-state index is 11.3. The van der Waals surface area contributed by atoms with Crippen molar-refractivity contribution in [2.24, 2.45) is 0 Å². The van der Waals surface area contributed by atoms with E-state index in [4.69, 9.17) is 0 Å². The van der Waals surface area contributed by atoms with E-state index < -0.39 is 0 Å². The molecule has 2 N–H and O–H groups in total. The first kappa shape index (κ1) is 11.5. The molecular formula is C9H15BrN2O2. The largest absolute Gasteiger partial charge is 0.354 e. The maximum Gasteiger partial charge on any atom is 0.222 e. The van der Waals surface area contributed by atoms with Gasteiger partial charge < -0.3 is 10.6 Å². The van der Waals surface area contributed by atoms with Crippen molar-refractivity contribution in [3.8, 4) is 0 Å². The van der Waals surface area contributed by atoms with Gasteiger partial charge in [0.25, 0.3) is 0 Å². The summed E-state index contributed by atoms with van der Waals surface area (Å²) in [7, 11) is 0. The standard InChI is InChI=1S/C9H15BrN2O2/c10-4-2-1-3-8(13)12-7-5-9(14)11-6-7/h7H,1-6H2,(H,11,14)(H,12,13). The number of rotatable bonds is 5. The molecule has 0 saturated carbocycles. The molecule has 1 heterocycles. The van der Waals surface area contributed by atoms with Gasteiger partial charge in [-0.05, 0) is 12.8 Å². The average molecular weight is 263 g/mol. The van der Waals surface area contributed by atoms with Crippen LogP contribution < -0.4 is 10.6 Å². The molecule has 0 spiro atoms. The molecule has 5 heteroatoms. The van der Waals surface area contributed by atoms with E-state index in [1.54, 1.807) is 0 Å². The van der Waals surface area contributed by atoms with Crippen LogP contribution in [0.5, 0.6) is 0 Å². The fraction of sp³-hybridized carbons (Fsp3) is 0.778. The molecule has 4 nitrogen and oxygen atoms in total. The van der Waals surface area contributed by atoms with Crippen LogP contribution in [0.2, 0.25) is 0 Å². The van der Waals surface area contributed by atoms with E-state index in [1.165, 1.54) is 0 Å². The number of carbonyl (C=O) groups excluding carboxylic acids is 2. The Balaban J connectivity index is 2.11. The van der Waals surface area contributed by atoms with E-state index in [1.807, 2.05) is 0 Å².